The molecule has 0 unspecified atom stereocenters. The van der Waals surface area contributed by atoms with E-state index in [2.05, 4.69) is 10.0 Å². The summed E-state index contributed by atoms with van der Waals surface area (Å²) in [5.41, 5.74) is 2.97. The number of methoxy groups -OCH3 is 1. The Morgan fingerprint density at radius 1 is 1.27 bits per heavy atom. The van der Waals surface area contributed by atoms with Crippen LogP contribution in [0.1, 0.15) is 39.5 Å². The van der Waals surface area contributed by atoms with E-state index in [4.69, 9.17) is 16.3 Å². The van der Waals surface area contributed by atoms with Gasteiger partial charge in [-0.25, -0.2) is 13.1 Å². The van der Waals surface area contributed by atoms with E-state index < -0.39 is 10.0 Å². The highest BCUT2D eigenvalue weighted by Gasteiger charge is 2.30. The lowest BCUT2D eigenvalue weighted by Crippen LogP contribution is -2.27. The van der Waals surface area contributed by atoms with Crippen molar-refractivity contribution in [2.75, 3.05) is 7.11 Å². The number of carbonyl (C=O) groups is 1. The van der Waals surface area contributed by atoms with Gasteiger partial charge in [0.2, 0.25) is 10.0 Å². The fraction of sp³-hybridized carbons (Fsp3) is 0.278. The van der Waals surface area contributed by atoms with Crippen LogP contribution in [0.4, 0.5) is 0 Å². The molecule has 136 valence electrons. The summed E-state index contributed by atoms with van der Waals surface area (Å²) in [6.07, 6.45) is 1.61. The SMILES string of the molecule is COc1cc2c(cc1C(=O)N[C@@H]1CCc3cc(Cl)ccc31)S(=O)(=O)NC2. The van der Waals surface area contributed by atoms with E-state index in [1.165, 1.54) is 13.2 Å². The van der Waals surface area contributed by atoms with E-state index in [0.717, 1.165) is 24.0 Å². The molecule has 0 spiro atoms. The number of fused-ring (bicyclic) bond motifs is 2. The highest BCUT2D eigenvalue weighted by molar-refractivity contribution is 7.89. The van der Waals surface area contributed by atoms with Gasteiger partial charge in [0.05, 0.1) is 23.6 Å². The summed E-state index contributed by atoms with van der Waals surface area (Å²) in [5.74, 6) is -0.00553. The number of carbonyl (C=O) groups excluding carboxylic acids is 1. The van der Waals surface area contributed by atoms with Gasteiger partial charge in [0.25, 0.3) is 5.91 Å². The normalized spacial score (nSPS) is 19.7. The Balaban J connectivity index is 1.66. The molecule has 2 aliphatic rings. The van der Waals surface area contributed by atoms with Crippen LogP contribution in [0.3, 0.4) is 0 Å². The summed E-state index contributed by atoms with van der Waals surface area (Å²) in [6.45, 7) is 0.201. The van der Waals surface area contributed by atoms with Crippen molar-refractivity contribution in [3.8, 4) is 5.75 Å². The lowest BCUT2D eigenvalue weighted by molar-refractivity contribution is 0.0933. The average molecular weight is 393 g/mol. The molecule has 1 atom stereocenters. The summed E-state index contributed by atoms with van der Waals surface area (Å²) in [4.78, 5) is 13.0. The molecule has 26 heavy (non-hydrogen) atoms. The van der Waals surface area contributed by atoms with Crippen LogP contribution >= 0.6 is 11.6 Å². The summed E-state index contributed by atoms with van der Waals surface area (Å²) < 4.78 is 31.9. The Hall–Kier alpha value is -2.09. The molecule has 2 aromatic carbocycles. The second-order valence-electron chi connectivity index (χ2n) is 6.39. The fourth-order valence-corrected chi connectivity index (χ4v) is 5.00. The lowest BCUT2D eigenvalue weighted by Gasteiger charge is -2.16. The van der Waals surface area contributed by atoms with Crippen LogP contribution in [0.5, 0.6) is 5.75 Å². The maximum atomic E-state index is 12.8. The Morgan fingerprint density at radius 2 is 2.08 bits per heavy atom. The van der Waals surface area contributed by atoms with Crippen molar-refractivity contribution in [2.24, 2.45) is 0 Å². The van der Waals surface area contributed by atoms with Crippen molar-refractivity contribution in [1.82, 2.24) is 10.0 Å². The maximum Gasteiger partial charge on any atom is 0.255 e. The predicted octanol–water partition coefficient (Wildman–Crippen LogP) is 2.56. The van der Waals surface area contributed by atoms with Crippen LogP contribution in [-0.4, -0.2) is 21.4 Å². The van der Waals surface area contributed by atoms with Crippen molar-refractivity contribution in [3.63, 3.8) is 0 Å². The zero-order chi connectivity index (χ0) is 18.5. The number of benzene rings is 2. The van der Waals surface area contributed by atoms with E-state index in [1.54, 1.807) is 12.1 Å². The molecule has 0 fully saturated rings. The number of sulfonamides is 1. The molecule has 0 bridgehead atoms. The molecule has 2 aromatic rings. The first kappa shape index (κ1) is 17.3. The number of ether oxygens (including phenoxy) is 1. The third kappa shape index (κ3) is 2.86. The van der Waals surface area contributed by atoms with Crippen molar-refractivity contribution in [2.45, 2.75) is 30.3 Å². The molecule has 0 saturated heterocycles. The number of halogens is 1. The topological polar surface area (TPSA) is 84.5 Å². The molecule has 1 amide bonds. The first-order valence-corrected chi connectivity index (χ1v) is 10.0. The van der Waals surface area contributed by atoms with Crippen LogP contribution < -0.4 is 14.8 Å². The van der Waals surface area contributed by atoms with Crippen molar-refractivity contribution < 1.29 is 17.9 Å². The number of hydrogen-bond donors (Lipinski definition) is 2. The Labute approximate surface area is 156 Å². The number of nitrogens with one attached hydrogen (secondary N) is 2. The standard InChI is InChI=1S/C18H17ClN2O4S/c1-25-16-7-11-9-20-26(23,24)17(11)8-14(16)18(22)21-15-5-2-10-6-12(19)3-4-13(10)15/h3-4,6-8,15,20H,2,5,9H2,1H3,(H,21,22)/t15-/m1/s1. The summed E-state index contributed by atoms with van der Waals surface area (Å²) in [6, 6.07) is 8.49. The van der Waals surface area contributed by atoms with Gasteiger partial charge in [-0.05, 0) is 53.8 Å². The molecule has 0 aromatic heterocycles. The highest BCUT2D eigenvalue weighted by atomic mass is 35.5. The minimum atomic E-state index is -3.57. The van der Waals surface area contributed by atoms with Crippen LogP contribution in [0.2, 0.25) is 5.02 Å². The van der Waals surface area contributed by atoms with Gasteiger partial charge in [-0.3, -0.25) is 4.79 Å². The van der Waals surface area contributed by atoms with Crippen LogP contribution in [0.25, 0.3) is 0 Å². The van der Waals surface area contributed by atoms with Crippen molar-refractivity contribution in [1.29, 1.82) is 0 Å². The number of rotatable bonds is 3. The largest absolute Gasteiger partial charge is 0.496 e. The molecule has 8 heteroatoms. The number of hydrogen-bond acceptors (Lipinski definition) is 4. The quantitative estimate of drug-likeness (QED) is 0.840. The average Bonchev–Trinajstić information content (AvgIpc) is 3.14. The monoisotopic (exact) mass is 392 g/mol. The Kier molecular flexibility index (Phi) is 4.17. The van der Waals surface area contributed by atoms with E-state index in [-0.39, 0.29) is 29.0 Å². The molecule has 0 saturated carbocycles. The molecule has 1 aliphatic heterocycles. The van der Waals surface area contributed by atoms with Crippen molar-refractivity contribution in [3.05, 3.63) is 57.6 Å². The highest BCUT2D eigenvalue weighted by Crippen LogP contribution is 2.34. The third-order valence-electron chi connectivity index (χ3n) is 4.86. The van der Waals surface area contributed by atoms with Gasteiger partial charge in [0.15, 0.2) is 0 Å². The zero-order valence-electron chi connectivity index (χ0n) is 14.0. The van der Waals surface area contributed by atoms with Crippen molar-refractivity contribution >= 4 is 27.5 Å². The maximum absolute atomic E-state index is 12.8. The molecule has 1 aliphatic carbocycles. The molecule has 1 heterocycles. The van der Waals surface area contributed by atoms with Gasteiger partial charge in [0, 0.05) is 11.6 Å². The fourth-order valence-electron chi connectivity index (χ4n) is 3.56. The van der Waals surface area contributed by atoms with Gasteiger partial charge < -0.3 is 10.1 Å². The van der Waals surface area contributed by atoms with Gasteiger partial charge in [-0.15, -0.1) is 0 Å². The van der Waals surface area contributed by atoms with E-state index >= 15 is 0 Å². The Morgan fingerprint density at radius 3 is 2.85 bits per heavy atom. The first-order chi connectivity index (χ1) is 12.4. The lowest BCUT2D eigenvalue weighted by atomic mass is 10.1. The van der Waals surface area contributed by atoms with Gasteiger partial charge in [-0.1, -0.05) is 17.7 Å². The molecular weight excluding hydrogens is 376 g/mol. The van der Waals surface area contributed by atoms with Crippen LogP contribution in [0.15, 0.2) is 35.2 Å². The second kappa shape index (κ2) is 6.26. The zero-order valence-corrected chi connectivity index (χ0v) is 15.6. The Bertz CT molecular complexity index is 1020. The summed E-state index contributed by atoms with van der Waals surface area (Å²) in [5, 5.41) is 3.66. The number of amides is 1. The predicted molar refractivity (Wildman–Crippen MR) is 97.0 cm³/mol. The van der Waals surface area contributed by atoms with Gasteiger partial charge >= 0.3 is 0 Å². The second-order valence-corrected chi connectivity index (χ2v) is 8.56. The smallest absolute Gasteiger partial charge is 0.255 e. The molecular formula is C18H17ClN2O4S. The van der Waals surface area contributed by atoms with E-state index in [0.29, 0.717) is 16.3 Å². The number of aryl methyl sites for hydroxylation is 1. The van der Waals surface area contributed by atoms with Crippen LogP contribution in [-0.2, 0) is 23.0 Å². The molecule has 4 rings (SSSR count). The summed E-state index contributed by atoms with van der Waals surface area (Å²) >= 11 is 6.03. The summed E-state index contributed by atoms with van der Waals surface area (Å²) in [7, 11) is -2.11. The van der Waals surface area contributed by atoms with Gasteiger partial charge in [-0.2, -0.15) is 0 Å². The van der Waals surface area contributed by atoms with Crippen LogP contribution in [0, 0.1) is 0 Å². The first-order valence-electron chi connectivity index (χ1n) is 8.19. The molecule has 2 N–H and O–H groups in total. The third-order valence-corrected chi connectivity index (χ3v) is 6.58. The van der Waals surface area contributed by atoms with E-state index in [1.807, 2.05) is 12.1 Å². The molecule has 6 nitrogen and oxygen atoms in total. The molecule has 0 radical (unpaired) electrons. The minimum absolute atomic E-state index is 0.127. The van der Waals surface area contributed by atoms with E-state index in [9.17, 15) is 13.2 Å². The van der Waals surface area contributed by atoms with Gasteiger partial charge in [0.1, 0.15) is 5.75 Å². The minimum Gasteiger partial charge on any atom is -0.496 e.